The number of carbonyl (C=O) groups excluding carboxylic acids is 1. The van der Waals surface area contributed by atoms with Gasteiger partial charge >= 0.3 is 86.9 Å². The number of carbonyl (C=O) groups is 2. The SMILES string of the molecule is CCOC(=S)SC1(C(=O)O)CCCCC1.CCOC(=S)[S-].Cl.ClC(Cl)Cl.O=C1CCCCC1.[K+].[Na+].[OH-]. The van der Waals surface area contributed by atoms with Crippen molar-refractivity contribution < 1.29 is 111 Å². The number of ketones is 1. The molecule has 2 saturated carbocycles. The number of carboxylic acids is 1. The van der Waals surface area contributed by atoms with Gasteiger partial charge in [0, 0.05) is 17.2 Å². The Kier molecular flexibility index (Phi) is 49.7. The molecule has 0 aliphatic heterocycles. The molecule has 2 aliphatic carbocycles. The van der Waals surface area contributed by atoms with Gasteiger partial charge in [0.05, 0.1) is 13.2 Å². The van der Waals surface area contributed by atoms with Crippen LogP contribution in [0.25, 0.3) is 0 Å². The van der Waals surface area contributed by atoms with Crippen LogP contribution in [0.3, 0.4) is 0 Å². The minimum Gasteiger partial charge on any atom is -0.870 e. The third-order valence-corrected chi connectivity index (χ3v) is 6.13. The molecular weight excluding hydrogens is 668 g/mol. The first-order valence-electron chi connectivity index (χ1n) is 10.4. The fraction of sp³-hybridized carbons (Fsp3) is 0.800. The van der Waals surface area contributed by atoms with Crippen LogP contribution in [0, 0.1) is 0 Å². The summed E-state index contributed by atoms with van der Waals surface area (Å²) in [6, 6.07) is 0. The molecule has 16 heteroatoms. The van der Waals surface area contributed by atoms with E-state index >= 15 is 0 Å². The topological polar surface area (TPSA) is 103 Å². The van der Waals surface area contributed by atoms with E-state index in [0.29, 0.717) is 36.2 Å². The molecule has 2 rings (SSSR count). The third-order valence-electron chi connectivity index (χ3n) is 4.27. The van der Waals surface area contributed by atoms with Gasteiger partial charge in [-0.05, 0) is 51.7 Å². The van der Waals surface area contributed by atoms with Crippen LogP contribution in [0.2, 0.25) is 0 Å². The Bertz CT molecular complexity index is 568. The molecule has 0 bridgehead atoms. The largest absolute Gasteiger partial charge is 1.00 e. The molecule has 204 valence electrons. The number of halogens is 4. The van der Waals surface area contributed by atoms with E-state index in [4.69, 9.17) is 51.8 Å². The monoisotopic (exact) mass is 700 g/mol. The summed E-state index contributed by atoms with van der Waals surface area (Å²) in [6.07, 6.45) is 9.68. The van der Waals surface area contributed by atoms with Gasteiger partial charge < -0.3 is 44.9 Å². The van der Waals surface area contributed by atoms with E-state index in [2.05, 4.69) is 29.6 Å². The molecule has 2 fully saturated rings. The Morgan fingerprint density at radius 2 is 1.42 bits per heavy atom. The Morgan fingerprint density at radius 3 is 1.67 bits per heavy atom. The molecule has 0 aromatic heterocycles. The molecular formula is C20H34Cl4KNaO6S4. The van der Waals surface area contributed by atoms with Crippen LogP contribution in [0.5, 0.6) is 0 Å². The van der Waals surface area contributed by atoms with Crippen molar-refractivity contribution in [2.24, 2.45) is 0 Å². The summed E-state index contributed by atoms with van der Waals surface area (Å²) in [7, 11) is 0. The van der Waals surface area contributed by atoms with Gasteiger partial charge in [0.2, 0.25) is 4.38 Å². The average Bonchev–Trinajstić information content (AvgIpc) is 2.70. The van der Waals surface area contributed by atoms with Crippen LogP contribution in [0.4, 0.5) is 0 Å². The Balaban J connectivity index is -0.0000000912. The number of thiocarbonyl (C=S) groups is 2. The van der Waals surface area contributed by atoms with Crippen LogP contribution in [-0.2, 0) is 31.7 Å². The predicted molar refractivity (Wildman–Crippen MR) is 155 cm³/mol. The fourth-order valence-corrected chi connectivity index (χ4v) is 4.76. The Labute approximate surface area is 322 Å². The quantitative estimate of drug-likeness (QED) is 0.201. The maximum atomic E-state index is 11.3. The van der Waals surface area contributed by atoms with E-state index in [9.17, 15) is 14.7 Å². The van der Waals surface area contributed by atoms with Crippen LogP contribution in [0.15, 0.2) is 0 Å². The standard InChI is InChI=1S/C10H16O3S2.C6H10O.C3H6OS2.CHCl3.ClH.K.Na.H2O/c1-2-13-9(14)15-10(8(11)12)6-4-3-5-7-10;7-6-4-2-1-3-5-6;1-2-4-3(5)6;2-1(3)4;;;;/h2-7H2,1H3,(H,11,12);1-5H2;2H2,1H3,(H,5,6);1H;1H;;;1H2/q;;;;;2*+1;/p-2. The fourth-order valence-electron chi connectivity index (χ4n) is 2.85. The van der Waals surface area contributed by atoms with Crippen LogP contribution < -0.4 is 80.9 Å². The first-order chi connectivity index (χ1) is 15.0. The number of alkyl halides is 3. The summed E-state index contributed by atoms with van der Waals surface area (Å²) < 4.78 is 8.83. The number of thioether (sulfide) groups is 1. The summed E-state index contributed by atoms with van der Waals surface area (Å²) >= 11 is 29.4. The maximum Gasteiger partial charge on any atom is 1.00 e. The Hall–Kier alpha value is 3.25. The number of Topliss-reactive ketones (excluding diaryl/α,β-unsaturated/α-hetero) is 1. The number of ether oxygens (including phenoxy) is 2. The van der Waals surface area contributed by atoms with Crippen molar-refractivity contribution in [2.45, 2.75) is 87.1 Å². The summed E-state index contributed by atoms with van der Waals surface area (Å²) in [5.41, 5.74) is 0. The van der Waals surface area contributed by atoms with Crippen LogP contribution >= 0.6 is 83.4 Å². The molecule has 0 radical (unpaired) electrons. The molecule has 6 nitrogen and oxygen atoms in total. The molecule has 0 spiro atoms. The first-order valence-corrected chi connectivity index (χ1v) is 13.7. The summed E-state index contributed by atoms with van der Waals surface area (Å²) in [4.78, 5) is 21.7. The average molecular weight is 703 g/mol. The molecule has 0 aromatic rings. The van der Waals surface area contributed by atoms with Gasteiger partial charge in [-0.2, -0.15) is 0 Å². The molecule has 0 atom stereocenters. The van der Waals surface area contributed by atoms with Crippen LogP contribution in [-0.4, -0.2) is 53.4 Å². The van der Waals surface area contributed by atoms with E-state index in [1.165, 1.54) is 18.2 Å². The summed E-state index contributed by atoms with van der Waals surface area (Å²) in [5.74, 6) is -0.291. The Morgan fingerprint density at radius 1 is 1.03 bits per heavy atom. The van der Waals surface area contributed by atoms with E-state index < -0.39 is 15.0 Å². The van der Waals surface area contributed by atoms with Gasteiger partial charge in [-0.1, -0.05) is 72.2 Å². The number of rotatable bonds is 4. The second-order valence-electron chi connectivity index (χ2n) is 6.67. The predicted octanol–water partition coefficient (Wildman–Crippen LogP) is 1.44. The van der Waals surface area contributed by atoms with Crippen LogP contribution in [0.1, 0.15) is 78.1 Å². The molecule has 36 heavy (non-hydrogen) atoms. The molecule has 0 saturated heterocycles. The van der Waals surface area contributed by atoms with Gasteiger partial charge in [0.1, 0.15) is 10.5 Å². The second kappa shape index (κ2) is 34.4. The molecule has 0 unspecified atom stereocenters. The molecule has 2 aliphatic rings. The van der Waals surface area contributed by atoms with Gasteiger partial charge in [0.25, 0.3) is 0 Å². The normalized spacial score (nSPS) is 14.8. The molecule has 0 heterocycles. The van der Waals surface area contributed by atoms with Crippen molar-refractivity contribution in [3.05, 3.63) is 0 Å². The van der Waals surface area contributed by atoms with E-state index in [1.54, 1.807) is 0 Å². The van der Waals surface area contributed by atoms with Crippen molar-refractivity contribution in [1.29, 1.82) is 0 Å². The minimum atomic E-state index is -0.755. The number of hydrogen-bond donors (Lipinski definition) is 1. The van der Waals surface area contributed by atoms with Gasteiger partial charge in [0.15, 0.2) is 4.30 Å². The van der Waals surface area contributed by atoms with Crippen molar-refractivity contribution in [2.75, 3.05) is 13.2 Å². The number of aliphatic carboxylic acids is 1. The second-order valence-corrected chi connectivity index (χ2v) is 11.6. The molecule has 2 N–H and O–H groups in total. The molecule has 0 amide bonds. The zero-order chi connectivity index (χ0) is 25.0. The van der Waals surface area contributed by atoms with Gasteiger partial charge in [-0.15, -0.1) is 12.4 Å². The number of hydrogen-bond acceptors (Lipinski definition) is 9. The smallest absolute Gasteiger partial charge is 0.870 e. The van der Waals surface area contributed by atoms with Crippen molar-refractivity contribution >= 4 is 117 Å². The summed E-state index contributed by atoms with van der Waals surface area (Å²) in [6.45, 7) is 4.78. The number of carboxylic acid groups (broad SMARTS) is 1. The third kappa shape index (κ3) is 33.5. The maximum absolute atomic E-state index is 11.3. The van der Waals surface area contributed by atoms with Crippen molar-refractivity contribution in [3.63, 3.8) is 0 Å². The van der Waals surface area contributed by atoms with Crippen molar-refractivity contribution in [1.82, 2.24) is 0 Å². The van der Waals surface area contributed by atoms with Gasteiger partial charge in [-0.3, -0.25) is 9.59 Å². The van der Waals surface area contributed by atoms with E-state index in [0.717, 1.165) is 44.9 Å². The van der Waals surface area contributed by atoms with E-state index in [1.807, 2.05) is 13.8 Å². The van der Waals surface area contributed by atoms with Gasteiger partial charge in [-0.25, -0.2) is 0 Å². The summed E-state index contributed by atoms with van der Waals surface area (Å²) in [5, 5.41) is 9.27. The molecule has 0 aromatic carbocycles. The minimum absolute atomic E-state index is 0. The zero-order valence-electron chi connectivity index (χ0n) is 21.3. The van der Waals surface area contributed by atoms with E-state index in [-0.39, 0.29) is 103 Å². The zero-order valence-corrected chi connectivity index (χ0v) is 32.7. The van der Waals surface area contributed by atoms with Crippen molar-refractivity contribution in [3.8, 4) is 0 Å². The first kappa shape index (κ1) is 51.9.